The summed E-state index contributed by atoms with van der Waals surface area (Å²) in [6.07, 6.45) is 6.02. The van der Waals surface area contributed by atoms with Crippen molar-refractivity contribution in [2.75, 3.05) is 7.11 Å². The Kier molecular flexibility index (Phi) is 6.38. The molecule has 3 rings (SSSR count). The molecule has 0 saturated carbocycles. The van der Waals surface area contributed by atoms with Gasteiger partial charge in [0.2, 0.25) is 5.91 Å². The van der Waals surface area contributed by atoms with E-state index in [0.29, 0.717) is 6.42 Å². The number of aryl methyl sites for hydroxylation is 1. The molecule has 0 unspecified atom stereocenters. The number of benzene rings is 2. The maximum absolute atomic E-state index is 10.9. The van der Waals surface area contributed by atoms with Gasteiger partial charge in [-0.25, -0.2) is 5.48 Å². The average Bonchev–Trinajstić information content (AvgIpc) is 3.18. The van der Waals surface area contributed by atoms with Gasteiger partial charge in [0.05, 0.1) is 13.3 Å². The summed E-state index contributed by atoms with van der Waals surface area (Å²) in [5.41, 5.74) is 3.54. The van der Waals surface area contributed by atoms with Gasteiger partial charge in [0.15, 0.2) is 0 Å². The van der Waals surface area contributed by atoms with Crippen molar-refractivity contribution >= 4 is 16.7 Å². The summed E-state index contributed by atoms with van der Waals surface area (Å²) in [5.74, 6) is 0.517. The standard InChI is InChI=1S/C20H24N4O3/c1-27-18-10-9-15-12-17(8-7-16(15)13-18)19-14-24(23-21-19)11-5-3-2-4-6-20(25)22-26/h7-10,12-14,26H,2-6,11H2,1H3,(H,22,25). The third-order valence-corrected chi connectivity index (χ3v) is 4.55. The zero-order valence-electron chi connectivity index (χ0n) is 15.4. The second-order valence-corrected chi connectivity index (χ2v) is 6.49. The third kappa shape index (κ3) is 5.04. The monoisotopic (exact) mass is 368 g/mol. The molecule has 0 aliphatic rings. The van der Waals surface area contributed by atoms with Crippen LogP contribution in [0.2, 0.25) is 0 Å². The van der Waals surface area contributed by atoms with Crippen LogP contribution in [0.5, 0.6) is 5.75 Å². The molecule has 0 bridgehead atoms. The minimum Gasteiger partial charge on any atom is -0.497 e. The van der Waals surface area contributed by atoms with Crippen LogP contribution in [-0.4, -0.2) is 33.2 Å². The van der Waals surface area contributed by atoms with E-state index in [1.54, 1.807) is 12.6 Å². The van der Waals surface area contributed by atoms with E-state index in [1.165, 1.54) is 0 Å². The number of fused-ring (bicyclic) bond motifs is 1. The van der Waals surface area contributed by atoms with Crippen LogP contribution in [0.25, 0.3) is 22.0 Å². The van der Waals surface area contributed by atoms with Crippen molar-refractivity contribution in [1.82, 2.24) is 20.5 Å². The largest absolute Gasteiger partial charge is 0.497 e. The predicted molar refractivity (Wildman–Crippen MR) is 103 cm³/mol. The summed E-state index contributed by atoms with van der Waals surface area (Å²) in [4.78, 5) is 10.9. The van der Waals surface area contributed by atoms with Gasteiger partial charge in [0.25, 0.3) is 0 Å². The summed E-state index contributed by atoms with van der Waals surface area (Å²) in [7, 11) is 1.67. The van der Waals surface area contributed by atoms with Crippen molar-refractivity contribution in [2.24, 2.45) is 0 Å². The molecular formula is C20H24N4O3. The summed E-state index contributed by atoms with van der Waals surface area (Å²) >= 11 is 0. The normalized spacial score (nSPS) is 10.9. The molecule has 0 atom stereocenters. The highest BCUT2D eigenvalue weighted by atomic mass is 16.5. The Morgan fingerprint density at radius 3 is 2.70 bits per heavy atom. The Bertz CT molecular complexity index is 907. The van der Waals surface area contributed by atoms with Crippen LogP contribution in [0.1, 0.15) is 32.1 Å². The number of carbonyl (C=O) groups is 1. The van der Waals surface area contributed by atoms with Crippen LogP contribution in [0.3, 0.4) is 0 Å². The maximum atomic E-state index is 10.9. The van der Waals surface area contributed by atoms with Gasteiger partial charge in [-0.15, -0.1) is 5.10 Å². The first-order valence-corrected chi connectivity index (χ1v) is 9.11. The molecule has 2 aromatic carbocycles. The van der Waals surface area contributed by atoms with Gasteiger partial charge in [-0.2, -0.15) is 0 Å². The predicted octanol–water partition coefficient (Wildman–Crippen LogP) is 3.56. The van der Waals surface area contributed by atoms with E-state index >= 15 is 0 Å². The fourth-order valence-electron chi connectivity index (χ4n) is 3.02. The van der Waals surface area contributed by atoms with E-state index in [2.05, 4.69) is 22.4 Å². The number of carbonyl (C=O) groups excluding carboxylic acids is 1. The number of nitrogens with zero attached hydrogens (tertiary/aromatic N) is 3. The molecule has 1 heterocycles. The van der Waals surface area contributed by atoms with Crippen LogP contribution in [0.4, 0.5) is 0 Å². The number of hydroxylamine groups is 1. The van der Waals surface area contributed by atoms with Crippen LogP contribution in [0.15, 0.2) is 42.6 Å². The molecule has 0 spiro atoms. The molecule has 7 heteroatoms. The zero-order valence-corrected chi connectivity index (χ0v) is 15.4. The van der Waals surface area contributed by atoms with Gasteiger partial charge in [-0.05, 0) is 41.8 Å². The lowest BCUT2D eigenvalue weighted by Gasteiger charge is -2.04. The highest BCUT2D eigenvalue weighted by Crippen LogP contribution is 2.26. The van der Waals surface area contributed by atoms with E-state index in [4.69, 9.17) is 9.94 Å². The number of aromatic nitrogens is 3. The molecule has 1 amide bonds. The van der Waals surface area contributed by atoms with E-state index in [-0.39, 0.29) is 5.91 Å². The van der Waals surface area contributed by atoms with Crippen LogP contribution in [0, 0.1) is 0 Å². The molecule has 0 fully saturated rings. The fourth-order valence-corrected chi connectivity index (χ4v) is 3.02. The molecule has 0 saturated heterocycles. The topological polar surface area (TPSA) is 89.3 Å². The highest BCUT2D eigenvalue weighted by molar-refractivity contribution is 5.87. The molecule has 0 radical (unpaired) electrons. The van der Waals surface area contributed by atoms with Crippen molar-refractivity contribution in [1.29, 1.82) is 0 Å². The lowest BCUT2D eigenvalue weighted by Crippen LogP contribution is -2.17. The number of hydrogen-bond acceptors (Lipinski definition) is 5. The Hall–Kier alpha value is -2.93. The van der Waals surface area contributed by atoms with Gasteiger partial charge in [0, 0.05) is 18.5 Å². The average molecular weight is 368 g/mol. The van der Waals surface area contributed by atoms with Crippen LogP contribution >= 0.6 is 0 Å². The third-order valence-electron chi connectivity index (χ3n) is 4.55. The molecular weight excluding hydrogens is 344 g/mol. The number of amides is 1. The van der Waals surface area contributed by atoms with Gasteiger partial charge in [0.1, 0.15) is 11.4 Å². The van der Waals surface area contributed by atoms with Crippen LogP contribution in [-0.2, 0) is 11.3 Å². The van der Waals surface area contributed by atoms with Crippen molar-refractivity contribution < 1.29 is 14.7 Å². The van der Waals surface area contributed by atoms with E-state index in [9.17, 15) is 4.79 Å². The van der Waals surface area contributed by atoms with Gasteiger partial charge >= 0.3 is 0 Å². The first-order chi connectivity index (χ1) is 13.2. The fraction of sp³-hybridized carbons (Fsp3) is 0.350. The molecule has 7 nitrogen and oxygen atoms in total. The number of methoxy groups -OCH3 is 1. The molecule has 2 N–H and O–H groups in total. The molecule has 0 aliphatic heterocycles. The number of hydrogen-bond donors (Lipinski definition) is 2. The zero-order chi connectivity index (χ0) is 19.1. The second kappa shape index (κ2) is 9.14. The molecule has 1 aromatic heterocycles. The Morgan fingerprint density at radius 2 is 1.89 bits per heavy atom. The van der Waals surface area contributed by atoms with Crippen molar-refractivity contribution in [2.45, 2.75) is 38.6 Å². The minimum atomic E-state index is -0.329. The summed E-state index contributed by atoms with van der Waals surface area (Å²) < 4.78 is 7.12. The lowest BCUT2D eigenvalue weighted by atomic mass is 10.1. The van der Waals surface area contributed by atoms with Gasteiger partial charge in [-0.3, -0.25) is 14.7 Å². The molecule has 27 heavy (non-hydrogen) atoms. The minimum absolute atomic E-state index is 0.329. The summed E-state index contributed by atoms with van der Waals surface area (Å²) in [6.45, 7) is 0.796. The maximum Gasteiger partial charge on any atom is 0.243 e. The quantitative estimate of drug-likeness (QED) is 0.342. The number of rotatable bonds is 9. The van der Waals surface area contributed by atoms with Gasteiger partial charge in [-0.1, -0.05) is 36.3 Å². The lowest BCUT2D eigenvalue weighted by molar-refractivity contribution is -0.129. The Labute approximate surface area is 157 Å². The summed E-state index contributed by atoms with van der Waals surface area (Å²) in [5, 5.41) is 19.2. The van der Waals surface area contributed by atoms with Crippen molar-refractivity contribution in [3.05, 3.63) is 42.6 Å². The second-order valence-electron chi connectivity index (χ2n) is 6.49. The Morgan fingerprint density at radius 1 is 1.11 bits per heavy atom. The molecule has 142 valence electrons. The first kappa shape index (κ1) is 18.8. The highest BCUT2D eigenvalue weighted by Gasteiger charge is 2.06. The number of nitrogens with one attached hydrogen (secondary N) is 1. The molecule has 0 aliphatic carbocycles. The number of ether oxygens (including phenoxy) is 1. The Balaban J connectivity index is 1.54. The van der Waals surface area contributed by atoms with E-state index < -0.39 is 0 Å². The summed E-state index contributed by atoms with van der Waals surface area (Å²) in [6, 6.07) is 12.2. The van der Waals surface area contributed by atoms with E-state index in [1.807, 2.05) is 35.1 Å². The SMILES string of the molecule is COc1ccc2cc(-c3cn(CCCCCCC(=O)NO)nn3)ccc2c1. The number of unbranched alkanes of at least 4 members (excludes halogenated alkanes) is 3. The van der Waals surface area contributed by atoms with Crippen LogP contribution < -0.4 is 10.2 Å². The smallest absolute Gasteiger partial charge is 0.243 e. The van der Waals surface area contributed by atoms with Gasteiger partial charge < -0.3 is 4.74 Å². The molecule has 3 aromatic rings. The van der Waals surface area contributed by atoms with E-state index in [0.717, 1.165) is 60.0 Å². The van der Waals surface area contributed by atoms with Crippen molar-refractivity contribution in [3.8, 4) is 17.0 Å². The first-order valence-electron chi connectivity index (χ1n) is 9.11. The van der Waals surface area contributed by atoms with Crippen molar-refractivity contribution in [3.63, 3.8) is 0 Å².